The van der Waals surface area contributed by atoms with E-state index < -0.39 is 0 Å². The summed E-state index contributed by atoms with van der Waals surface area (Å²) in [6, 6.07) is 1.31. The lowest BCUT2D eigenvalue weighted by molar-refractivity contribution is 0.450. The first-order valence-corrected chi connectivity index (χ1v) is 7.00. The predicted molar refractivity (Wildman–Crippen MR) is 71.5 cm³/mol. The Balaban J connectivity index is 1.93. The van der Waals surface area contributed by atoms with Crippen LogP contribution in [0.3, 0.4) is 0 Å². The minimum atomic E-state index is 0.610. The number of aromatic nitrogens is 2. The maximum absolute atomic E-state index is 5.74. The van der Waals surface area contributed by atoms with E-state index in [9.17, 15) is 0 Å². The SMILES string of the molecule is CCCNCc1nnc(N(CC(C)C)C2CC2)o1. The topological polar surface area (TPSA) is 54.2 Å². The van der Waals surface area contributed by atoms with Crippen molar-refractivity contribution in [2.45, 2.75) is 52.6 Å². The molecule has 1 aromatic rings. The van der Waals surface area contributed by atoms with Crippen molar-refractivity contribution in [1.29, 1.82) is 0 Å². The van der Waals surface area contributed by atoms with Crippen molar-refractivity contribution >= 4 is 6.01 Å². The molecule has 2 rings (SSSR count). The lowest BCUT2D eigenvalue weighted by Gasteiger charge is -2.21. The smallest absolute Gasteiger partial charge is 0.318 e. The molecular weight excluding hydrogens is 228 g/mol. The molecule has 1 fully saturated rings. The lowest BCUT2D eigenvalue weighted by Crippen LogP contribution is -2.30. The van der Waals surface area contributed by atoms with Crippen molar-refractivity contribution in [1.82, 2.24) is 15.5 Å². The molecule has 0 atom stereocenters. The highest BCUT2D eigenvalue weighted by Gasteiger charge is 2.32. The zero-order chi connectivity index (χ0) is 13.0. The van der Waals surface area contributed by atoms with Gasteiger partial charge in [0.05, 0.1) is 6.54 Å². The second-order valence-corrected chi connectivity index (χ2v) is 5.43. The van der Waals surface area contributed by atoms with Gasteiger partial charge in [-0.25, -0.2) is 0 Å². The fraction of sp³-hybridized carbons (Fsp3) is 0.846. The molecule has 1 saturated carbocycles. The summed E-state index contributed by atoms with van der Waals surface area (Å²) in [5.74, 6) is 1.30. The summed E-state index contributed by atoms with van der Waals surface area (Å²) in [7, 11) is 0. The van der Waals surface area contributed by atoms with E-state index in [1.165, 1.54) is 12.8 Å². The molecule has 18 heavy (non-hydrogen) atoms. The summed E-state index contributed by atoms with van der Waals surface area (Å²) in [5.41, 5.74) is 0. The standard InChI is InChI=1S/C13H24N4O/c1-4-7-14-8-12-15-16-13(18-12)17(9-10(2)3)11-5-6-11/h10-11,14H,4-9H2,1-3H3. The Morgan fingerprint density at radius 3 is 2.78 bits per heavy atom. The number of nitrogens with zero attached hydrogens (tertiary/aromatic N) is 3. The molecule has 102 valence electrons. The Kier molecular flexibility index (Phi) is 4.58. The van der Waals surface area contributed by atoms with E-state index in [0.717, 1.165) is 19.5 Å². The van der Waals surface area contributed by atoms with Gasteiger partial charge in [0.1, 0.15) is 0 Å². The van der Waals surface area contributed by atoms with Gasteiger partial charge in [-0.2, -0.15) is 0 Å². The Morgan fingerprint density at radius 2 is 2.17 bits per heavy atom. The first-order valence-electron chi connectivity index (χ1n) is 7.00. The number of rotatable bonds is 8. The van der Waals surface area contributed by atoms with E-state index in [1.807, 2.05) is 0 Å². The summed E-state index contributed by atoms with van der Waals surface area (Å²) in [4.78, 5) is 2.26. The van der Waals surface area contributed by atoms with Crippen LogP contribution in [-0.4, -0.2) is 29.3 Å². The van der Waals surface area contributed by atoms with Gasteiger partial charge in [0.2, 0.25) is 5.89 Å². The highest BCUT2D eigenvalue weighted by atomic mass is 16.4. The Labute approximate surface area is 109 Å². The van der Waals surface area contributed by atoms with E-state index in [4.69, 9.17) is 4.42 Å². The maximum atomic E-state index is 5.74. The van der Waals surface area contributed by atoms with Crippen LogP contribution in [0.25, 0.3) is 0 Å². The second kappa shape index (κ2) is 6.18. The molecule has 1 aliphatic rings. The van der Waals surface area contributed by atoms with Gasteiger partial charge >= 0.3 is 6.01 Å². The first-order chi connectivity index (χ1) is 8.70. The van der Waals surface area contributed by atoms with Crippen LogP contribution in [0.5, 0.6) is 0 Å². The zero-order valence-corrected chi connectivity index (χ0v) is 11.6. The van der Waals surface area contributed by atoms with Crippen LogP contribution in [-0.2, 0) is 6.54 Å². The summed E-state index contributed by atoms with van der Waals surface area (Å²) in [6.07, 6.45) is 3.61. The van der Waals surface area contributed by atoms with Crippen molar-refractivity contribution in [3.8, 4) is 0 Å². The normalized spacial score (nSPS) is 15.3. The number of hydrogen-bond acceptors (Lipinski definition) is 5. The van der Waals surface area contributed by atoms with E-state index in [1.54, 1.807) is 0 Å². The lowest BCUT2D eigenvalue weighted by atomic mass is 10.2. The summed E-state index contributed by atoms with van der Waals surface area (Å²) in [6.45, 7) is 9.22. The van der Waals surface area contributed by atoms with Crippen LogP contribution in [0, 0.1) is 5.92 Å². The van der Waals surface area contributed by atoms with Gasteiger partial charge in [-0.15, -0.1) is 5.10 Å². The summed E-state index contributed by atoms with van der Waals surface area (Å²) >= 11 is 0. The predicted octanol–water partition coefficient (Wildman–Crippen LogP) is 2.19. The highest BCUT2D eigenvalue weighted by Crippen LogP contribution is 2.31. The molecule has 1 aliphatic carbocycles. The van der Waals surface area contributed by atoms with Gasteiger partial charge < -0.3 is 14.6 Å². The van der Waals surface area contributed by atoms with Gasteiger partial charge in [-0.05, 0) is 31.7 Å². The monoisotopic (exact) mass is 252 g/mol. The molecule has 0 aromatic carbocycles. The van der Waals surface area contributed by atoms with Crippen LogP contribution < -0.4 is 10.2 Å². The third-order valence-corrected chi connectivity index (χ3v) is 2.95. The molecule has 0 bridgehead atoms. The molecule has 1 heterocycles. The fourth-order valence-corrected chi connectivity index (χ4v) is 1.97. The molecule has 0 amide bonds. The van der Waals surface area contributed by atoms with Crippen molar-refractivity contribution < 1.29 is 4.42 Å². The third-order valence-electron chi connectivity index (χ3n) is 2.95. The van der Waals surface area contributed by atoms with Crippen LogP contribution in [0.15, 0.2) is 4.42 Å². The van der Waals surface area contributed by atoms with E-state index >= 15 is 0 Å². The number of nitrogens with one attached hydrogen (secondary N) is 1. The minimum Gasteiger partial charge on any atom is -0.407 e. The Bertz CT molecular complexity index is 360. The van der Waals surface area contributed by atoms with E-state index in [2.05, 4.69) is 41.2 Å². The van der Waals surface area contributed by atoms with Crippen molar-refractivity contribution in [2.75, 3.05) is 18.0 Å². The van der Waals surface area contributed by atoms with E-state index in [-0.39, 0.29) is 0 Å². The van der Waals surface area contributed by atoms with E-state index in [0.29, 0.717) is 30.4 Å². The summed E-state index contributed by atoms with van der Waals surface area (Å²) in [5, 5.41) is 11.6. The number of hydrogen-bond donors (Lipinski definition) is 1. The van der Waals surface area contributed by atoms with Crippen molar-refractivity contribution in [2.24, 2.45) is 5.92 Å². The average molecular weight is 252 g/mol. The summed E-state index contributed by atoms with van der Waals surface area (Å²) < 4.78 is 5.74. The second-order valence-electron chi connectivity index (χ2n) is 5.43. The van der Waals surface area contributed by atoms with Gasteiger partial charge in [0.25, 0.3) is 0 Å². The third kappa shape index (κ3) is 3.70. The molecule has 5 nitrogen and oxygen atoms in total. The fourth-order valence-electron chi connectivity index (χ4n) is 1.97. The molecular formula is C13H24N4O. The molecule has 0 spiro atoms. The van der Waals surface area contributed by atoms with Crippen LogP contribution in [0.2, 0.25) is 0 Å². The molecule has 1 N–H and O–H groups in total. The van der Waals surface area contributed by atoms with Crippen molar-refractivity contribution in [3.05, 3.63) is 5.89 Å². The molecule has 0 unspecified atom stereocenters. The van der Waals surface area contributed by atoms with Gasteiger partial charge in [0, 0.05) is 12.6 Å². The first kappa shape index (κ1) is 13.3. The van der Waals surface area contributed by atoms with Crippen molar-refractivity contribution in [3.63, 3.8) is 0 Å². The van der Waals surface area contributed by atoms with Gasteiger partial charge in [-0.1, -0.05) is 25.9 Å². The average Bonchev–Trinajstić information content (AvgIpc) is 3.06. The largest absolute Gasteiger partial charge is 0.407 e. The molecule has 5 heteroatoms. The molecule has 0 aliphatic heterocycles. The van der Waals surface area contributed by atoms with Crippen LogP contribution in [0.4, 0.5) is 6.01 Å². The minimum absolute atomic E-state index is 0.610. The molecule has 0 radical (unpaired) electrons. The Morgan fingerprint density at radius 1 is 1.39 bits per heavy atom. The molecule has 0 saturated heterocycles. The molecule has 1 aromatic heterocycles. The number of anilines is 1. The van der Waals surface area contributed by atoms with Gasteiger partial charge in [-0.3, -0.25) is 0 Å². The quantitative estimate of drug-likeness (QED) is 0.719. The zero-order valence-electron chi connectivity index (χ0n) is 11.6. The maximum Gasteiger partial charge on any atom is 0.318 e. The van der Waals surface area contributed by atoms with Gasteiger partial charge in [0.15, 0.2) is 0 Å². The van der Waals surface area contributed by atoms with Crippen LogP contribution in [0.1, 0.15) is 45.9 Å². The van der Waals surface area contributed by atoms with Crippen LogP contribution >= 0.6 is 0 Å². The Hall–Kier alpha value is -1.10. The highest BCUT2D eigenvalue weighted by molar-refractivity contribution is 5.29.